The lowest BCUT2D eigenvalue weighted by Crippen LogP contribution is -2.51. The maximum atomic E-state index is 4.83. The first-order valence-corrected chi connectivity index (χ1v) is 10.6. The molecular formula is C21H40N6. The van der Waals surface area contributed by atoms with Gasteiger partial charge in [-0.2, -0.15) is 5.10 Å². The molecule has 1 saturated heterocycles. The van der Waals surface area contributed by atoms with E-state index in [1.54, 1.807) is 0 Å². The number of guanidine groups is 1. The molecule has 0 aromatic carbocycles. The van der Waals surface area contributed by atoms with Crippen molar-refractivity contribution in [3.05, 3.63) is 17.0 Å². The van der Waals surface area contributed by atoms with Crippen molar-refractivity contribution in [2.45, 2.75) is 67.0 Å². The molecule has 6 heteroatoms. The summed E-state index contributed by atoms with van der Waals surface area (Å²) in [7, 11) is 1.99. The van der Waals surface area contributed by atoms with Gasteiger partial charge in [0.2, 0.25) is 0 Å². The Bertz CT molecular complexity index is 610. The fraction of sp³-hybridized carbons (Fsp3) is 0.810. The minimum Gasteiger partial charge on any atom is -0.357 e. The van der Waals surface area contributed by atoms with Crippen LogP contribution in [0.2, 0.25) is 0 Å². The molecule has 6 nitrogen and oxygen atoms in total. The summed E-state index contributed by atoms with van der Waals surface area (Å²) in [4.78, 5) is 7.49. The highest BCUT2D eigenvalue weighted by Crippen LogP contribution is 2.21. The molecule has 0 saturated carbocycles. The molecule has 1 aliphatic heterocycles. The normalized spacial score (nSPS) is 18.1. The number of likely N-dealkylation sites (tertiary alicyclic amines) is 1. The maximum absolute atomic E-state index is 4.83. The van der Waals surface area contributed by atoms with Gasteiger partial charge in [-0.05, 0) is 58.5 Å². The van der Waals surface area contributed by atoms with Gasteiger partial charge in [-0.15, -0.1) is 0 Å². The van der Waals surface area contributed by atoms with Crippen molar-refractivity contribution in [2.24, 2.45) is 23.9 Å². The van der Waals surface area contributed by atoms with Crippen molar-refractivity contribution in [3.8, 4) is 0 Å². The number of aliphatic imine (C=N–C) groups is 1. The van der Waals surface area contributed by atoms with Gasteiger partial charge in [-0.3, -0.25) is 9.58 Å². The largest absolute Gasteiger partial charge is 0.357 e. The third-order valence-electron chi connectivity index (χ3n) is 5.93. The number of hydrogen-bond acceptors (Lipinski definition) is 3. The number of piperidine rings is 1. The van der Waals surface area contributed by atoms with Crippen molar-refractivity contribution in [2.75, 3.05) is 26.2 Å². The molecule has 0 bridgehead atoms. The molecule has 27 heavy (non-hydrogen) atoms. The lowest BCUT2D eigenvalue weighted by Gasteiger charge is -2.39. The van der Waals surface area contributed by atoms with Crippen LogP contribution in [-0.4, -0.2) is 52.9 Å². The fourth-order valence-electron chi connectivity index (χ4n) is 3.89. The zero-order valence-electron chi connectivity index (χ0n) is 18.5. The van der Waals surface area contributed by atoms with Gasteiger partial charge >= 0.3 is 0 Å². The van der Waals surface area contributed by atoms with Crippen LogP contribution < -0.4 is 10.6 Å². The molecule has 0 spiro atoms. The van der Waals surface area contributed by atoms with E-state index >= 15 is 0 Å². The van der Waals surface area contributed by atoms with Crippen molar-refractivity contribution in [1.82, 2.24) is 25.3 Å². The highest BCUT2D eigenvalue weighted by molar-refractivity contribution is 5.79. The second kappa shape index (κ2) is 10.1. The summed E-state index contributed by atoms with van der Waals surface area (Å²) in [5.74, 6) is 2.39. The zero-order chi connectivity index (χ0) is 20.0. The number of aryl methyl sites for hydroxylation is 2. The summed E-state index contributed by atoms with van der Waals surface area (Å²) in [5, 5.41) is 11.5. The first-order chi connectivity index (χ1) is 12.8. The van der Waals surface area contributed by atoms with Crippen LogP contribution in [-0.2, 0) is 13.6 Å². The van der Waals surface area contributed by atoms with Crippen LogP contribution >= 0.6 is 0 Å². The molecule has 1 unspecified atom stereocenters. The molecular weight excluding hydrogens is 336 g/mol. The summed E-state index contributed by atoms with van der Waals surface area (Å²) in [6.45, 7) is 18.2. The van der Waals surface area contributed by atoms with E-state index < -0.39 is 0 Å². The van der Waals surface area contributed by atoms with E-state index in [0.717, 1.165) is 30.7 Å². The molecule has 1 aromatic heterocycles. The predicted octanol–water partition coefficient (Wildman–Crippen LogP) is 2.85. The Balaban J connectivity index is 2.00. The quantitative estimate of drug-likeness (QED) is 0.567. The van der Waals surface area contributed by atoms with Gasteiger partial charge in [0.1, 0.15) is 0 Å². The van der Waals surface area contributed by atoms with E-state index in [0.29, 0.717) is 18.5 Å². The number of aromatic nitrogens is 2. The highest BCUT2D eigenvalue weighted by Gasteiger charge is 2.25. The van der Waals surface area contributed by atoms with E-state index in [9.17, 15) is 0 Å². The molecule has 1 aromatic rings. The lowest BCUT2D eigenvalue weighted by molar-refractivity contribution is 0.110. The summed E-state index contributed by atoms with van der Waals surface area (Å²) in [5.41, 5.74) is 3.48. The van der Waals surface area contributed by atoms with Crippen molar-refractivity contribution < 1.29 is 0 Å². The zero-order valence-corrected chi connectivity index (χ0v) is 18.5. The van der Waals surface area contributed by atoms with Crippen molar-refractivity contribution in [1.29, 1.82) is 0 Å². The fourth-order valence-corrected chi connectivity index (χ4v) is 3.89. The number of nitrogens with one attached hydrogen (secondary N) is 2. The average molecular weight is 377 g/mol. The lowest BCUT2D eigenvalue weighted by atomic mass is 9.94. The molecule has 2 heterocycles. The molecule has 1 aliphatic rings. The SMILES string of the molecule is CCNC(=NCc1c(C)nn(C)c1C)NCC(C(C)C)N1CCC(C)CC1. The van der Waals surface area contributed by atoms with Gasteiger partial charge in [0, 0.05) is 37.4 Å². The molecule has 1 atom stereocenters. The summed E-state index contributed by atoms with van der Waals surface area (Å²) >= 11 is 0. The first kappa shape index (κ1) is 21.7. The average Bonchev–Trinajstić information content (AvgIpc) is 2.86. The molecule has 1 fully saturated rings. The van der Waals surface area contributed by atoms with Crippen molar-refractivity contribution in [3.63, 3.8) is 0 Å². The maximum Gasteiger partial charge on any atom is 0.191 e. The topological polar surface area (TPSA) is 57.5 Å². The van der Waals surface area contributed by atoms with E-state index in [1.165, 1.54) is 37.2 Å². The number of nitrogens with zero attached hydrogens (tertiary/aromatic N) is 4. The Labute approximate surface area is 165 Å². The molecule has 154 valence electrons. The predicted molar refractivity (Wildman–Crippen MR) is 114 cm³/mol. The van der Waals surface area contributed by atoms with Gasteiger partial charge in [-0.25, -0.2) is 4.99 Å². The van der Waals surface area contributed by atoms with Crippen molar-refractivity contribution >= 4 is 5.96 Å². The van der Waals surface area contributed by atoms with Gasteiger partial charge < -0.3 is 10.6 Å². The minimum absolute atomic E-state index is 0.545. The summed E-state index contributed by atoms with van der Waals surface area (Å²) in [6, 6.07) is 0.545. The second-order valence-corrected chi connectivity index (χ2v) is 8.38. The molecule has 2 N–H and O–H groups in total. The monoisotopic (exact) mass is 376 g/mol. The van der Waals surface area contributed by atoms with Gasteiger partial charge in [0.25, 0.3) is 0 Å². The Kier molecular flexibility index (Phi) is 8.14. The minimum atomic E-state index is 0.545. The third kappa shape index (κ3) is 5.96. The third-order valence-corrected chi connectivity index (χ3v) is 5.93. The molecule has 0 amide bonds. The van der Waals surface area contributed by atoms with E-state index in [2.05, 4.69) is 62.2 Å². The van der Waals surface area contributed by atoms with E-state index in [-0.39, 0.29) is 0 Å². The smallest absolute Gasteiger partial charge is 0.191 e. The number of hydrogen-bond donors (Lipinski definition) is 2. The van der Waals surface area contributed by atoms with Gasteiger partial charge in [-0.1, -0.05) is 20.8 Å². The molecule has 0 radical (unpaired) electrons. The Morgan fingerprint density at radius 2 is 1.89 bits per heavy atom. The van der Waals surface area contributed by atoms with E-state index in [1.807, 2.05) is 11.7 Å². The van der Waals surface area contributed by atoms with Crippen LogP contribution in [0.25, 0.3) is 0 Å². The highest BCUT2D eigenvalue weighted by atomic mass is 15.3. The van der Waals surface area contributed by atoms with Gasteiger partial charge in [0.05, 0.1) is 12.2 Å². The van der Waals surface area contributed by atoms with Gasteiger partial charge in [0.15, 0.2) is 5.96 Å². The Morgan fingerprint density at radius 1 is 1.22 bits per heavy atom. The Morgan fingerprint density at radius 3 is 2.41 bits per heavy atom. The van der Waals surface area contributed by atoms with Crippen LogP contribution in [0, 0.1) is 25.7 Å². The van der Waals surface area contributed by atoms with E-state index in [4.69, 9.17) is 4.99 Å². The summed E-state index contributed by atoms with van der Waals surface area (Å²) in [6.07, 6.45) is 2.63. The second-order valence-electron chi connectivity index (χ2n) is 8.38. The Hall–Kier alpha value is -1.56. The first-order valence-electron chi connectivity index (χ1n) is 10.6. The van der Waals surface area contributed by atoms with Crippen LogP contribution in [0.15, 0.2) is 4.99 Å². The summed E-state index contributed by atoms with van der Waals surface area (Å²) < 4.78 is 1.94. The van der Waals surface area contributed by atoms with Crippen LogP contribution in [0.3, 0.4) is 0 Å². The van der Waals surface area contributed by atoms with Crippen LogP contribution in [0.4, 0.5) is 0 Å². The van der Waals surface area contributed by atoms with Crippen LogP contribution in [0.5, 0.6) is 0 Å². The standard InChI is InChI=1S/C21H40N6/c1-8-22-21(23-13-19-17(5)25-26(7)18(19)6)24-14-20(15(2)3)27-11-9-16(4)10-12-27/h15-16,20H,8-14H2,1-7H3,(H2,22,23,24). The molecule has 0 aliphatic carbocycles. The number of rotatable bonds is 7. The van der Waals surface area contributed by atoms with Crippen LogP contribution in [0.1, 0.15) is 57.5 Å². The molecule has 2 rings (SSSR count).